The van der Waals surface area contributed by atoms with E-state index in [4.69, 9.17) is 5.11 Å². The van der Waals surface area contributed by atoms with Crippen LogP contribution in [0.15, 0.2) is 0 Å². The molecule has 3 atom stereocenters. The van der Waals surface area contributed by atoms with Crippen LogP contribution >= 0.6 is 0 Å². The van der Waals surface area contributed by atoms with Crippen molar-refractivity contribution in [2.24, 2.45) is 10.8 Å². The van der Waals surface area contributed by atoms with Crippen LogP contribution in [-0.2, 0) is 0 Å². The molecule has 0 heterocycles. The summed E-state index contributed by atoms with van der Waals surface area (Å²) in [6.07, 6.45) is 1.40. The van der Waals surface area contributed by atoms with Crippen LogP contribution in [0.1, 0.15) is 47.5 Å². The van der Waals surface area contributed by atoms with Crippen LogP contribution in [0.25, 0.3) is 0 Å². The van der Waals surface area contributed by atoms with E-state index in [1.165, 1.54) is 0 Å². The number of hydrogen-bond donors (Lipinski definition) is 3. The fourth-order valence-corrected chi connectivity index (χ4v) is 2.32. The Labute approximate surface area is 99.3 Å². The molecule has 0 radical (unpaired) electrons. The van der Waals surface area contributed by atoms with Crippen LogP contribution in [0, 0.1) is 10.8 Å². The van der Waals surface area contributed by atoms with Gasteiger partial charge in [0, 0.05) is 24.1 Å². The van der Waals surface area contributed by atoms with Crippen LogP contribution in [0.3, 0.4) is 0 Å². The topological polar surface area (TPSA) is 52.5 Å². The molecule has 3 unspecified atom stereocenters. The third-order valence-corrected chi connectivity index (χ3v) is 4.08. The van der Waals surface area contributed by atoms with Gasteiger partial charge in [0.25, 0.3) is 0 Å². The molecule has 0 aliphatic heterocycles. The number of hydrogen-bond acceptors (Lipinski definition) is 3. The van der Waals surface area contributed by atoms with Crippen molar-refractivity contribution in [1.29, 1.82) is 0 Å². The number of nitrogens with one attached hydrogen (secondary N) is 1. The van der Waals surface area contributed by atoms with Gasteiger partial charge < -0.3 is 15.5 Å². The molecule has 1 saturated carbocycles. The van der Waals surface area contributed by atoms with E-state index in [-0.39, 0.29) is 23.5 Å². The minimum absolute atomic E-state index is 0.0427. The van der Waals surface area contributed by atoms with Gasteiger partial charge in [-0.1, -0.05) is 34.6 Å². The molecule has 1 fully saturated rings. The summed E-state index contributed by atoms with van der Waals surface area (Å²) in [7, 11) is 0. The second-order valence-corrected chi connectivity index (χ2v) is 6.72. The molecule has 0 aromatic carbocycles. The number of rotatable bonds is 4. The average molecular weight is 229 g/mol. The predicted octanol–water partition coefficient (Wildman–Crippen LogP) is 1.53. The Kier molecular flexibility index (Phi) is 4.04. The van der Waals surface area contributed by atoms with Crippen LogP contribution in [-0.4, -0.2) is 35.0 Å². The quantitative estimate of drug-likeness (QED) is 0.685. The van der Waals surface area contributed by atoms with E-state index in [9.17, 15) is 5.11 Å². The molecule has 0 aromatic rings. The first-order chi connectivity index (χ1) is 7.19. The zero-order chi connectivity index (χ0) is 12.6. The second kappa shape index (κ2) is 4.63. The Balaban J connectivity index is 2.57. The van der Waals surface area contributed by atoms with Gasteiger partial charge in [-0.15, -0.1) is 0 Å². The molecule has 1 rings (SSSR count). The maximum Gasteiger partial charge on any atom is 0.0621 e. The standard InChI is InChI=1S/C13H27NO2/c1-12(2,3)9(6-7-15)14-10-8-11(16)13(10,4)5/h9-11,14-16H,6-8H2,1-5H3. The summed E-state index contributed by atoms with van der Waals surface area (Å²) in [5, 5.41) is 22.4. The summed E-state index contributed by atoms with van der Waals surface area (Å²) in [6, 6.07) is 0.660. The van der Waals surface area contributed by atoms with E-state index >= 15 is 0 Å². The van der Waals surface area contributed by atoms with Crippen molar-refractivity contribution in [2.75, 3.05) is 6.61 Å². The normalized spacial score (nSPS) is 30.9. The Morgan fingerprint density at radius 2 is 1.94 bits per heavy atom. The molecule has 3 N–H and O–H groups in total. The van der Waals surface area contributed by atoms with E-state index in [0.717, 1.165) is 12.8 Å². The summed E-state index contributed by atoms with van der Waals surface area (Å²) in [5.41, 5.74) is 0.0955. The predicted molar refractivity (Wildman–Crippen MR) is 66.3 cm³/mol. The van der Waals surface area contributed by atoms with E-state index in [1.807, 2.05) is 0 Å². The molecule has 0 saturated heterocycles. The highest BCUT2D eigenvalue weighted by Gasteiger charge is 2.48. The molecule has 96 valence electrons. The van der Waals surface area contributed by atoms with Gasteiger partial charge in [-0.25, -0.2) is 0 Å². The lowest BCUT2D eigenvalue weighted by atomic mass is 9.64. The molecule has 0 spiro atoms. The average Bonchev–Trinajstić information content (AvgIpc) is 2.14. The monoisotopic (exact) mass is 229 g/mol. The van der Waals surface area contributed by atoms with Crippen molar-refractivity contribution in [3.05, 3.63) is 0 Å². The highest BCUT2D eigenvalue weighted by atomic mass is 16.3. The molecule has 16 heavy (non-hydrogen) atoms. The highest BCUT2D eigenvalue weighted by Crippen LogP contribution is 2.41. The maximum atomic E-state index is 9.70. The number of aliphatic hydroxyl groups is 2. The Hall–Kier alpha value is -0.120. The molecule has 0 amide bonds. The zero-order valence-corrected chi connectivity index (χ0v) is 11.2. The first-order valence-electron chi connectivity index (χ1n) is 6.24. The maximum absolute atomic E-state index is 9.70. The van der Waals surface area contributed by atoms with Gasteiger partial charge in [-0.2, -0.15) is 0 Å². The molecule has 1 aliphatic carbocycles. The fourth-order valence-electron chi connectivity index (χ4n) is 2.32. The van der Waals surface area contributed by atoms with Gasteiger partial charge in [-0.3, -0.25) is 0 Å². The smallest absolute Gasteiger partial charge is 0.0621 e. The van der Waals surface area contributed by atoms with Crippen LogP contribution in [0.2, 0.25) is 0 Å². The SMILES string of the molecule is CC(C)(C)C(CCO)NC1CC(O)C1(C)C. The van der Waals surface area contributed by atoms with Gasteiger partial charge >= 0.3 is 0 Å². The van der Waals surface area contributed by atoms with Crippen LogP contribution in [0.4, 0.5) is 0 Å². The lowest BCUT2D eigenvalue weighted by Crippen LogP contribution is -2.63. The summed E-state index contributed by atoms with van der Waals surface area (Å²) in [5.74, 6) is 0. The molecule has 0 aromatic heterocycles. The minimum Gasteiger partial charge on any atom is -0.396 e. The zero-order valence-electron chi connectivity index (χ0n) is 11.2. The third-order valence-electron chi connectivity index (χ3n) is 4.08. The molecular weight excluding hydrogens is 202 g/mol. The van der Waals surface area contributed by atoms with Gasteiger partial charge in [0.2, 0.25) is 0 Å². The summed E-state index contributed by atoms with van der Waals surface area (Å²) in [4.78, 5) is 0. The molecule has 1 aliphatic rings. The first-order valence-corrected chi connectivity index (χ1v) is 6.24. The Morgan fingerprint density at radius 3 is 2.25 bits per heavy atom. The van der Waals surface area contributed by atoms with Crippen molar-refractivity contribution in [1.82, 2.24) is 5.32 Å². The first kappa shape index (κ1) is 13.9. The van der Waals surface area contributed by atoms with E-state index in [1.54, 1.807) is 0 Å². The summed E-state index contributed by atoms with van der Waals surface area (Å²) >= 11 is 0. The number of aliphatic hydroxyl groups excluding tert-OH is 2. The fraction of sp³-hybridized carbons (Fsp3) is 1.00. The summed E-state index contributed by atoms with van der Waals surface area (Å²) < 4.78 is 0. The van der Waals surface area contributed by atoms with Crippen LogP contribution in [0.5, 0.6) is 0 Å². The lowest BCUT2D eigenvalue weighted by molar-refractivity contribution is -0.0808. The van der Waals surface area contributed by atoms with Gasteiger partial charge in [0.15, 0.2) is 0 Å². The van der Waals surface area contributed by atoms with E-state index in [2.05, 4.69) is 39.9 Å². The second-order valence-electron chi connectivity index (χ2n) is 6.72. The summed E-state index contributed by atoms with van der Waals surface area (Å²) in [6.45, 7) is 11.0. The minimum atomic E-state index is -0.195. The Morgan fingerprint density at radius 1 is 1.38 bits per heavy atom. The van der Waals surface area contributed by atoms with E-state index in [0.29, 0.717) is 12.1 Å². The van der Waals surface area contributed by atoms with Crippen molar-refractivity contribution in [3.63, 3.8) is 0 Å². The van der Waals surface area contributed by atoms with Gasteiger partial charge in [0.05, 0.1) is 6.10 Å². The van der Waals surface area contributed by atoms with Crippen molar-refractivity contribution in [2.45, 2.75) is 65.6 Å². The Bertz CT molecular complexity index is 233. The third kappa shape index (κ3) is 2.76. The largest absolute Gasteiger partial charge is 0.396 e. The molecule has 0 bridgehead atoms. The van der Waals surface area contributed by atoms with Crippen LogP contribution < -0.4 is 5.32 Å². The van der Waals surface area contributed by atoms with E-state index < -0.39 is 0 Å². The molecular formula is C13H27NO2. The van der Waals surface area contributed by atoms with Crippen molar-refractivity contribution < 1.29 is 10.2 Å². The van der Waals surface area contributed by atoms with Gasteiger partial charge in [-0.05, 0) is 18.3 Å². The van der Waals surface area contributed by atoms with Crippen molar-refractivity contribution in [3.8, 4) is 0 Å². The molecule has 3 heteroatoms. The van der Waals surface area contributed by atoms with Gasteiger partial charge in [0.1, 0.15) is 0 Å². The van der Waals surface area contributed by atoms with Crippen molar-refractivity contribution >= 4 is 0 Å². The molecule has 3 nitrogen and oxygen atoms in total. The highest BCUT2D eigenvalue weighted by molar-refractivity contribution is 5.03. The lowest BCUT2D eigenvalue weighted by Gasteiger charge is -2.52.